The number of halogens is 1. The topological polar surface area (TPSA) is 29.5 Å². The molecule has 0 atom stereocenters. The predicted octanol–water partition coefficient (Wildman–Crippen LogP) is 3.97. The fourth-order valence-corrected chi connectivity index (χ4v) is 3.13. The maximum absolute atomic E-state index is 13.1. The van der Waals surface area contributed by atoms with Gasteiger partial charge in [-0.1, -0.05) is 18.2 Å². The summed E-state index contributed by atoms with van der Waals surface area (Å²) < 4.78 is 18.6. The van der Waals surface area contributed by atoms with Crippen molar-refractivity contribution < 1.29 is 13.9 Å². The van der Waals surface area contributed by atoms with Crippen LogP contribution in [-0.4, -0.2) is 23.5 Å². The Labute approximate surface area is 146 Å². The van der Waals surface area contributed by atoms with Crippen molar-refractivity contribution in [2.45, 2.75) is 31.8 Å². The molecule has 1 amide bonds. The second kappa shape index (κ2) is 6.71. The predicted molar refractivity (Wildman–Crippen MR) is 94.6 cm³/mol. The zero-order valence-electron chi connectivity index (χ0n) is 14.0. The minimum absolute atomic E-state index is 0.00331. The largest absolute Gasteiger partial charge is 0.493 e. The van der Waals surface area contributed by atoms with Crippen LogP contribution in [-0.2, 0) is 17.8 Å². The number of fused-ring (bicyclic) bond motifs is 1. The van der Waals surface area contributed by atoms with Crippen molar-refractivity contribution in [2.24, 2.45) is 0 Å². The third kappa shape index (κ3) is 3.73. The lowest BCUT2D eigenvalue weighted by Crippen LogP contribution is -2.31. The van der Waals surface area contributed by atoms with Gasteiger partial charge in [-0.15, -0.1) is 0 Å². The van der Waals surface area contributed by atoms with Crippen LogP contribution in [0.5, 0.6) is 5.75 Å². The first-order valence-corrected chi connectivity index (χ1v) is 8.68. The van der Waals surface area contributed by atoms with Gasteiger partial charge in [-0.2, -0.15) is 0 Å². The van der Waals surface area contributed by atoms with Crippen molar-refractivity contribution >= 4 is 12.0 Å². The van der Waals surface area contributed by atoms with Crippen molar-refractivity contribution in [3.05, 3.63) is 71.0 Å². The summed E-state index contributed by atoms with van der Waals surface area (Å²) in [6, 6.07) is 12.7. The Balaban J connectivity index is 1.46. The van der Waals surface area contributed by atoms with Gasteiger partial charge >= 0.3 is 0 Å². The van der Waals surface area contributed by atoms with Crippen LogP contribution in [0.4, 0.5) is 4.39 Å². The molecule has 0 radical (unpaired) electrons. The van der Waals surface area contributed by atoms with Crippen molar-refractivity contribution in [1.82, 2.24) is 4.90 Å². The molecular formula is C21H20FNO2. The number of nitrogens with zero attached hydrogens (tertiary/aromatic N) is 1. The first-order valence-electron chi connectivity index (χ1n) is 8.68. The van der Waals surface area contributed by atoms with Gasteiger partial charge in [0.1, 0.15) is 11.6 Å². The second-order valence-electron chi connectivity index (χ2n) is 6.62. The van der Waals surface area contributed by atoms with Gasteiger partial charge < -0.3 is 9.64 Å². The highest BCUT2D eigenvalue weighted by Gasteiger charge is 2.31. The van der Waals surface area contributed by atoms with Crippen molar-refractivity contribution in [3.63, 3.8) is 0 Å². The lowest BCUT2D eigenvalue weighted by molar-refractivity contribution is -0.127. The molecule has 1 fully saturated rings. The summed E-state index contributed by atoms with van der Waals surface area (Å²) in [6.07, 6.45) is 6.50. The summed E-state index contributed by atoms with van der Waals surface area (Å²) in [5.41, 5.74) is 3.15. The van der Waals surface area contributed by atoms with Crippen LogP contribution in [0.15, 0.2) is 48.5 Å². The molecule has 2 aliphatic rings. The number of carbonyl (C=O) groups excluding carboxylic acids is 1. The van der Waals surface area contributed by atoms with E-state index >= 15 is 0 Å². The van der Waals surface area contributed by atoms with Gasteiger partial charge in [0, 0.05) is 25.1 Å². The van der Waals surface area contributed by atoms with E-state index in [0.29, 0.717) is 12.6 Å². The molecule has 25 heavy (non-hydrogen) atoms. The van der Waals surface area contributed by atoms with Crippen molar-refractivity contribution in [1.29, 1.82) is 0 Å². The summed E-state index contributed by atoms with van der Waals surface area (Å²) >= 11 is 0. The average molecular weight is 337 g/mol. The van der Waals surface area contributed by atoms with E-state index < -0.39 is 0 Å². The van der Waals surface area contributed by atoms with Crippen LogP contribution >= 0.6 is 0 Å². The fourth-order valence-electron chi connectivity index (χ4n) is 3.13. The Hall–Kier alpha value is -2.62. The number of carbonyl (C=O) groups is 1. The van der Waals surface area contributed by atoms with Gasteiger partial charge in [0.2, 0.25) is 5.91 Å². The minimum Gasteiger partial charge on any atom is -0.493 e. The Morgan fingerprint density at radius 3 is 2.76 bits per heavy atom. The van der Waals surface area contributed by atoms with E-state index in [-0.39, 0.29) is 11.7 Å². The molecule has 2 aromatic rings. The standard InChI is InChI=1S/C21H20FNO2/c22-18-5-1-16(2-6-18)14-23(19-7-8-19)21(24)10-4-15-3-9-20-17(13-15)11-12-25-20/h1-6,9-10,13,19H,7-8,11-12,14H2/b10-4+. The molecule has 1 aliphatic heterocycles. The smallest absolute Gasteiger partial charge is 0.247 e. The van der Waals surface area contributed by atoms with E-state index in [2.05, 4.69) is 6.07 Å². The van der Waals surface area contributed by atoms with Crippen LogP contribution < -0.4 is 4.74 Å². The van der Waals surface area contributed by atoms with E-state index in [0.717, 1.165) is 42.7 Å². The van der Waals surface area contributed by atoms with Crippen LogP contribution in [0.1, 0.15) is 29.5 Å². The SMILES string of the molecule is O=C(/C=C/c1ccc2c(c1)CCO2)N(Cc1ccc(F)cc1)C1CC1. The number of amides is 1. The number of ether oxygens (including phenoxy) is 1. The molecule has 0 bridgehead atoms. The first-order chi connectivity index (χ1) is 12.2. The zero-order valence-corrected chi connectivity index (χ0v) is 14.0. The Kier molecular flexibility index (Phi) is 4.26. The first kappa shape index (κ1) is 15.9. The Bertz CT molecular complexity index is 809. The van der Waals surface area contributed by atoms with Gasteiger partial charge in [0.05, 0.1) is 6.61 Å². The summed E-state index contributed by atoms with van der Waals surface area (Å²) in [6.45, 7) is 1.25. The monoisotopic (exact) mass is 337 g/mol. The lowest BCUT2D eigenvalue weighted by atomic mass is 10.1. The fraction of sp³-hybridized carbons (Fsp3) is 0.286. The van der Waals surface area contributed by atoms with Crippen molar-refractivity contribution in [3.8, 4) is 5.75 Å². The molecule has 1 saturated carbocycles. The lowest BCUT2D eigenvalue weighted by Gasteiger charge is -2.21. The van der Waals surface area contributed by atoms with Gasteiger partial charge in [-0.25, -0.2) is 4.39 Å². The normalized spacial score (nSPS) is 15.9. The van der Waals surface area contributed by atoms with E-state index in [1.54, 1.807) is 18.2 Å². The Morgan fingerprint density at radius 2 is 2.00 bits per heavy atom. The summed E-state index contributed by atoms with van der Waals surface area (Å²) in [5, 5.41) is 0. The van der Waals surface area contributed by atoms with Crippen LogP contribution in [0.3, 0.4) is 0 Å². The van der Waals surface area contributed by atoms with E-state index in [9.17, 15) is 9.18 Å². The number of hydrogen-bond acceptors (Lipinski definition) is 2. The molecule has 0 spiro atoms. The maximum Gasteiger partial charge on any atom is 0.247 e. The molecular weight excluding hydrogens is 317 g/mol. The van der Waals surface area contributed by atoms with Crippen LogP contribution in [0.25, 0.3) is 6.08 Å². The number of rotatable bonds is 5. The Morgan fingerprint density at radius 1 is 1.20 bits per heavy atom. The molecule has 3 nitrogen and oxygen atoms in total. The number of hydrogen-bond donors (Lipinski definition) is 0. The van der Waals surface area contributed by atoms with E-state index in [4.69, 9.17) is 4.74 Å². The van der Waals surface area contributed by atoms with Gasteiger partial charge in [0.25, 0.3) is 0 Å². The third-order valence-corrected chi connectivity index (χ3v) is 4.67. The molecule has 1 heterocycles. The molecule has 0 N–H and O–H groups in total. The summed E-state index contributed by atoms with van der Waals surface area (Å²) in [7, 11) is 0. The second-order valence-corrected chi connectivity index (χ2v) is 6.62. The summed E-state index contributed by atoms with van der Waals surface area (Å²) in [4.78, 5) is 14.5. The molecule has 1 aliphatic carbocycles. The van der Waals surface area contributed by atoms with Crippen LogP contribution in [0, 0.1) is 5.82 Å². The molecule has 4 heteroatoms. The molecule has 0 saturated heterocycles. The van der Waals surface area contributed by atoms with Crippen molar-refractivity contribution in [2.75, 3.05) is 6.61 Å². The number of benzene rings is 2. The minimum atomic E-state index is -0.256. The highest BCUT2D eigenvalue weighted by atomic mass is 19.1. The molecule has 0 unspecified atom stereocenters. The third-order valence-electron chi connectivity index (χ3n) is 4.67. The zero-order chi connectivity index (χ0) is 17.2. The molecule has 4 rings (SSSR count). The highest BCUT2D eigenvalue weighted by molar-refractivity contribution is 5.92. The highest BCUT2D eigenvalue weighted by Crippen LogP contribution is 2.29. The maximum atomic E-state index is 13.1. The molecule has 0 aromatic heterocycles. The van der Waals surface area contributed by atoms with Gasteiger partial charge in [-0.05, 0) is 59.9 Å². The van der Waals surface area contributed by atoms with E-state index in [1.165, 1.54) is 17.7 Å². The molecule has 2 aromatic carbocycles. The van der Waals surface area contributed by atoms with E-state index in [1.807, 2.05) is 23.1 Å². The van der Waals surface area contributed by atoms with Crippen LogP contribution in [0.2, 0.25) is 0 Å². The summed E-state index contributed by atoms with van der Waals surface area (Å²) in [5.74, 6) is 0.691. The average Bonchev–Trinajstić information content (AvgIpc) is 3.36. The molecule has 128 valence electrons. The van der Waals surface area contributed by atoms with Gasteiger partial charge in [-0.3, -0.25) is 4.79 Å². The quantitative estimate of drug-likeness (QED) is 0.773. The van der Waals surface area contributed by atoms with Gasteiger partial charge in [0.15, 0.2) is 0 Å².